The van der Waals surface area contributed by atoms with Gasteiger partial charge in [-0.05, 0) is 6.92 Å². The Morgan fingerprint density at radius 3 is 3.00 bits per heavy atom. The van der Waals surface area contributed by atoms with Gasteiger partial charge in [-0.25, -0.2) is 0 Å². The van der Waals surface area contributed by atoms with Crippen molar-refractivity contribution in [3.05, 3.63) is 17.0 Å². The summed E-state index contributed by atoms with van der Waals surface area (Å²) in [6.07, 6.45) is 2.64. The Labute approximate surface area is 120 Å². The minimum atomic E-state index is -0.770. The van der Waals surface area contributed by atoms with Crippen molar-refractivity contribution in [1.29, 1.82) is 0 Å². The van der Waals surface area contributed by atoms with E-state index in [0.29, 0.717) is 49.3 Å². The average molecular weight is 298 g/mol. The molecule has 2 aromatic rings. The average Bonchev–Trinajstić information content (AvgIpc) is 2.88. The lowest BCUT2D eigenvalue weighted by atomic mass is 9.94. The van der Waals surface area contributed by atoms with Gasteiger partial charge in [0.1, 0.15) is 17.3 Å². The second-order valence-electron chi connectivity index (χ2n) is 5.04. The molecule has 0 radical (unpaired) electrons. The molecular formula is C12H16ClN5O2. The molecule has 0 unspecified atom stereocenters. The van der Waals surface area contributed by atoms with E-state index in [4.69, 9.17) is 16.3 Å². The molecule has 2 N–H and O–H groups in total. The van der Waals surface area contributed by atoms with Crippen LogP contribution < -0.4 is 5.32 Å². The van der Waals surface area contributed by atoms with Gasteiger partial charge < -0.3 is 15.2 Å². The van der Waals surface area contributed by atoms with E-state index in [-0.39, 0.29) is 0 Å². The second kappa shape index (κ2) is 5.16. The molecule has 8 heteroatoms. The van der Waals surface area contributed by atoms with E-state index < -0.39 is 5.60 Å². The molecule has 1 saturated heterocycles. The summed E-state index contributed by atoms with van der Waals surface area (Å²) >= 11 is 6.09. The number of rotatable bonds is 3. The number of anilines is 1. The maximum absolute atomic E-state index is 10.5. The highest BCUT2D eigenvalue weighted by Gasteiger charge is 2.30. The summed E-state index contributed by atoms with van der Waals surface area (Å²) in [5.41, 5.74) is 0.00758. The molecule has 0 atom stereocenters. The van der Waals surface area contributed by atoms with Crippen LogP contribution >= 0.6 is 11.6 Å². The number of nitrogens with one attached hydrogen (secondary N) is 1. The molecule has 1 fully saturated rings. The molecule has 2 aromatic heterocycles. The summed E-state index contributed by atoms with van der Waals surface area (Å²) in [6.45, 7) is 3.42. The highest BCUT2D eigenvalue weighted by Crippen LogP contribution is 2.25. The summed E-state index contributed by atoms with van der Waals surface area (Å²) in [4.78, 5) is 8.17. The number of aromatic nitrogens is 4. The van der Waals surface area contributed by atoms with E-state index in [2.05, 4.69) is 20.4 Å². The number of ether oxygens (including phenoxy) is 1. The Kier molecular flexibility index (Phi) is 3.49. The molecule has 0 bridgehead atoms. The number of nitrogens with zero attached hydrogens (tertiary/aromatic N) is 4. The molecule has 0 aromatic carbocycles. The minimum Gasteiger partial charge on any atom is -0.388 e. The standard InChI is InChI=1S/C12H16ClN5O2/c1-8-9(13)17-11-15-7-16-18(11)10(8)14-6-12(19)2-4-20-5-3-12/h7,14,19H,2-6H2,1H3. The first kappa shape index (κ1) is 13.5. The van der Waals surface area contributed by atoms with E-state index in [0.717, 1.165) is 5.56 Å². The van der Waals surface area contributed by atoms with E-state index in [1.165, 1.54) is 6.33 Å². The Morgan fingerprint density at radius 2 is 2.25 bits per heavy atom. The minimum absolute atomic E-state index is 0.381. The maximum atomic E-state index is 10.5. The predicted molar refractivity (Wildman–Crippen MR) is 74.0 cm³/mol. The topological polar surface area (TPSA) is 84.6 Å². The van der Waals surface area contributed by atoms with Crippen molar-refractivity contribution in [3.63, 3.8) is 0 Å². The molecule has 1 aliphatic heterocycles. The lowest BCUT2D eigenvalue weighted by Crippen LogP contribution is -2.42. The monoisotopic (exact) mass is 297 g/mol. The van der Waals surface area contributed by atoms with Crippen molar-refractivity contribution < 1.29 is 9.84 Å². The van der Waals surface area contributed by atoms with Gasteiger partial charge in [-0.2, -0.15) is 19.6 Å². The van der Waals surface area contributed by atoms with Gasteiger partial charge >= 0.3 is 0 Å². The lowest BCUT2D eigenvalue weighted by Gasteiger charge is -2.32. The Morgan fingerprint density at radius 1 is 1.50 bits per heavy atom. The zero-order valence-corrected chi connectivity index (χ0v) is 11.9. The van der Waals surface area contributed by atoms with Crippen LogP contribution in [0.25, 0.3) is 5.78 Å². The Hall–Kier alpha value is -1.44. The normalized spacial score (nSPS) is 18.4. The van der Waals surface area contributed by atoms with Gasteiger partial charge in [-0.1, -0.05) is 11.6 Å². The summed E-state index contributed by atoms with van der Waals surface area (Å²) in [7, 11) is 0. The van der Waals surface area contributed by atoms with Crippen LogP contribution in [-0.4, -0.2) is 50.0 Å². The van der Waals surface area contributed by atoms with Crippen LogP contribution in [-0.2, 0) is 4.74 Å². The van der Waals surface area contributed by atoms with Crippen molar-refractivity contribution in [2.45, 2.75) is 25.4 Å². The van der Waals surface area contributed by atoms with Gasteiger partial charge in [-0.15, -0.1) is 0 Å². The molecule has 3 heterocycles. The van der Waals surface area contributed by atoms with Gasteiger partial charge in [0, 0.05) is 38.2 Å². The third-order valence-corrected chi connectivity index (χ3v) is 3.98. The molecule has 0 spiro atoms. The van der Waals surface area contributed by atoms with E-state index in [9.17, 15) is 5.11 Å². The van der Waals surface area contributed by atoms with Crippen LogP contribution in [0.1, 0.15) is 18.4 Å². The number of hydrogen-bond acceptors (Lipinski definition) is 6. The summed E-state index contributed by atoms with van der Waals surface area (Å²) in [6, 6.07) is 0. The fourth-order valence-corrected chi connectivity index (χ4v) is 2.45. The quantitative estimate of drug-likeness (QED) is 0.824. The molecule has 3 rings (SSSR count). The number of hydrogen-bond donors (Lipinski definition) is 2. The Balaban J connectivity index is 1.86. The van der Waals surface area contributed by atoms with Crippen molar-refractivity contribution in [2.75, 3.05) is 25.1 Å². The summed E-state index contributed by atoms with van der Waals surface area (Å²) in [5.74, 6) is 1.14. The molecule has 0 amide bonds. The van der Waals surface area contributed by atoms with Gasteiger partial charge in [0.15, 0.2) is 0 Å². The number of aliphatic hydroxyl groups is 1. The highest BCUT2D eigenvalue weighted by molar-refractivity contribution is 6.30. The summed E-state index contributed by atoms with van der Waals surface area (Å²) in [5, 5.41) is 18.2. The van der Waals surface area contributed by atoms with Crippen LogP contribution in [0, 0.1) is 6.92 Å². The first-order valence-electron chi connectivity index (χ1n) is 6.49. The van der Waals surface area contributed by atoms with Crippen molar-refractivity contribution >= 4 is 23.2 Å². The largest absolute Gasteiger partial charge is 0.388 e. The zero-order chi connectivity index (χ0) is 14.2. The smallest absolute Gasteiger partial charge is 0.255 e. The van der Waals surface area contributed by atoms with Crippen LogP contribution in [0.5, 0.6) is 0 Å². The van der Waals surface area contributed by atoms with Crippen molar-refractivity contribution in [3.8, 4) is 0 Å². The van der Waals surface area contributed by atoms with Crippen LogP contribution in [0.2, 0.25) is 5.15 Å². The molecule has 0 aliphatic carbocycles. The van der Waals surface area contributed by atoms with Crippen LogP contribution in [0.4, 0.5) is 5.82 Å². The molecule has 108 valence electrons. The van der Waals surface area contributed by atoms with Gasteiger partial charge in [0.05, 0.1) is 5.60 Å². The number of fused-ring (bicyclic) bond motifs is 1. The van der Waals surface area contributed by atoms with Crippen molar-refractivity contribution in [2.24, 2.45) is 0 Å². The first-order valence-corrected chi connectivity index (χ1v) is 6.87. The van der Waals surface area contributed by atoms with E-state index >= 15 is 0 Å². The fraction of sp³-hybridized carbons (Fsp3) is 0.583. The number of halogens is 1. The van der Waals surface area contributed by atoms with E-state index in [1.807, 2.05) is 6.92 Å². The van der Waals surface area contributed by atoms with E-state index in [1.54, 1.807) is 4.52 Å². The molecule has 1 aliphatic rings. The second-order valence-corrected chi connectivity index (χ2v) is 5.40. The molecule has 7 nitrogen and oxygen atoms in total. The van der Waals surface area contributed by atoms with Crippen LogP contribution in [0.15, 0.2) is 6.33 Å². The van der Waals surface area contributed by atoms with Crippen molar-refractivity contribution in [1.82, 2.24) is 19.6 Å². The predicted octanol–water partition coefficient (Wildman–Crippen LogP) is 1.04. The SMILES string of the molecule is Cc1c(Cl)nc2ncnn2c1NCC1(O)CCOCC1. The molecule has 0 saturated carbocycles. The fourth-order valence-electron chi connectivity index (χ4n) is 2.28. The van der Waals surface area contributed by atoms with Crippen LogP contribution in [0.3, 0.4) is 0 Å². The molecule has 20 heavy (non-hydrogen) atoms. The zero-order valence-electron chi connectivity index (χ0n) is 11.1. The lowest BCUT2D eigenvalue weighted by molar-refractivity contribution is -0.0544. The Bertz CT molecular complexity index is 624. The van der Waals surface area contributed by atoms with Gasteiger partial charge in [-0.3, -0.25) is 0 Å². The highest BCUT2D eigenvalue weighted by atomic mass is 35.5. The first-order chi connectivity index (χ1) is 9.59. The third kappa shape index (κ3) is 2.44. The van der Waals surface area contributed by atoms with Gasteiger partial charge in [0.25, 0.3) is 5.78 Å². The molecular weight excluding hydrogens is 282 g/mol. The summed E-state index contributed by atoms with van der Waals surface area (Å²) < 4.78 is 6.86. The maximum Gasteiger partial charge on any atom is 0.255 e. The third-order valence-electron chi connectivity index (χ3n) is 3.61. The van der Waals surface area contributed by atoms with Gasteiger partial charge in [0.2, 0.25) is 0 Å².